The average molecular weight is 356 g/mol. The zero-order valence-electron chi connectivity index (χ0n) is 11.0. The Kier molecular flexibility index (Phi) is 6.96. The van der Waals surface area contributed by atoms with Crippen LogP contribution in [0.4, 0.5) is 10.5 Å². The summed E-state index contributed by atoms with van der Waals surface area (Å²) in [4.78, 5) is 13.8. The molecule has 0 fully saturated rings. The highest BCUT2D eigenvalue weighted by Crippen LogP contribution is 2.25. The lowest BCUT2D eigenvalue weighted by atomic mass is 10.3. The number of amides is 2. The van der Waals surface area contributed by atoms with E-state index in [0.717, 1.165) is 0 Å². The predicted molar refractivity (Wildman–Crippen MR) is 87.1 cm³/mol. The minimum absolute atomic E-state index is 0.0123. The van der Waals surface area contributed by atoms with Crippen LogP contribution >= 0.6 is 46.4 Å². The number of rotatable bonds is 4. The summed E-state index contributed by atoms with van der Waals surface area (Å²) in [6.45, 7) is 4.10. The molecule has 0 unspecified atom stereocenters. The summed E-state index contributed by atoms with van der Waals surface area (Å²) in [5.74, 6) is 0. The maximum Gasteiger partial charge on any atom is 0.322 e. The van der Waals surface area contributed by atoms with Gasteiger partial charge in [0.2, 0.25) is 0 Å². The first kappa shape index (κ1) is 17.4. The second kappa shape index (κ2) is 7.99. The number of halogens is 4. The van der Waals surface area contributed by atoms with Gasteiger partial charge in [-0.25, -0.2) is 4.79 Å². The maximum absolute atomic E-state index is 12.2. The maximum atomic E-state index is 12.2. The number of urea groups is 1. The summed E-state index contributed by atoms with van der Waals surface area (Å²) < 4.78 is 0.123. The van der Waals surface area contributed by atoms with Crippen molar-refractivity contribution >= 4 is 58.1 Å². The summed E-state index contributed by atoms with van der Waals surface area (Å²) in [7, 11) is 0. The van der Waals surface area contributed by atoms with Crippen LogP contribution in [0.3, 0.4) is 0 Å². The smallest absolute Gasteiger partial charge is 0.318 e. The third kappa shape index (κ3) is 5.41. The fourth-order valence-corrected chi connectivity index (χ4v) is 1.90. The molecule has 0 aliphatic rings. The van der Waals surface area contributed by atoms with E-state index in [2.05, 4.69) is 5.32 Å². The highest BCUT2D eigenvalue weighted by atomic mass is 35.5. The van der Waals surface area contributed by atoms with E-state index < -0.39 is 0 Å². The summed E-state index contributed by atoms with van der Waals surface area (Å²) >= 11 is 22.9. The summed E-state index contributed by atoms with van der Waals surface area (Å²) in [5.41, 5.74) is 0.566. The molecule has 0 atom stereocenters. The van der Waals surface area contributed by atoms with Crippen LogP contribution in [0.25, 0.3) is 0 Å². The normalized spacial score (nSPS) is 10.3. The van der Waals surface area contributed by atoms with Crippen LogP contribution in [0.2, 0.25) is 10.0 Å². The molecule has 2 amide bonds. The van der Waals surface area contributed by atoms with Crippen molar-refractivity contribution in [1.82, 2.24) is 4.90 Å². The SMILES string of the molecule is CC(C)N(CC=C(Cl)Cl)C(=O)Nc1ccc(Cl)c(Cl)c1. The molecule has 110 valence electrons. The van der Waals surface area contributed by atoms with E-state index in [1.165, 1.54) is 0 Å². The van der Waals surface area contributed by atoms with Crippen molar-refractivity contribution in [3.8, 4) is 0 Å². The first-order valence-corrected chi connectivity index (χ1v) is 7.36. The monoisotopic (exact) mass is 354 g/mol. The molecule has 0 aliphatic heterocycles. The molecule has 20 heavy (non-hydrogen) atoms. The zero-order valence-corrected chi connectivity index (χ0v) is 14.0. The number of anilines is 1. The average Bonchev–Trinajstić information content (AvgIpc) is 2.33. The number of nitrogens with zero attached hydrogens (tertiary/aromatic N) is 1. The Labute approximate surface area is 138 Å². The van der Waals surface area contributed by atoms with Crippen LogP contribution in [0.1, 0.15) is 13.8 Å². The van der Waals surface area contributed by atoms with Crippen molar-refractivity contribution < 1.29 is 4.79 Å². The second-order valence-corrected chi connectivity index (χ2v) is 6.12. The molecule has 1 rings (SSSR count). The Morgan fingerprint density at radius 2 is 1.95 bits per heavy atom. The highest BCUT2D eigenvalue weighted by Gasteiger charge is 2.16. The van der Waals surface area contributed by atoms with Crippen LogP contribution in [-0.2, 0) is 0 Å². The second-order valence-electron chi connectivity index (χ2n) is 4.30. The van der Waals surface area contributed by atoms with Crippen molar-refractivity contribution in [2.75, 3.05) is 11.9 Å². The van der Waals surface area contributed by atoms with Crippen LogP contribution in [0.5, 0.6) is 0 Å². The van der Waals surface area contributed by atoms with E-state index in [1.807, 2.05) is 13.8 Å². The third-order valence-electron chi connectivity index (χ3n) is 2.50. The molecule has 0 spiro atoms. The molecule has 1 aromatic carbocycles. The molecule has 1 N–H and O–H groups in total. The van der Waals surface area contributed by atoms with Gasteiger partial charge in [-0.15, -0.1) is 0 Å². The minimum atomic E-state index is -0.274. The lowest BCUT2D eigenvalue weighted by Crippen LogP contribution is -2.40. The van der Waals surface area contributed by atoms with E-state index in [0.29, 0.717) is 22.3 Å². The van der Waals surface area contributed by atoms with Crippen molar-refractivity contribution in [2.24, 2.45) is 0 Å². The van der Waals surface area contributed by atoms with Crippen molar-refractivity contribution in [2.45, 2.75) is 19.9 Å². The third-order valence-corrected chi connectivity index (χ3v) is 3.55. The molecule has 0 aliphatic carbocycles. The van der Waals surface area contributed by atoms with Crippen LogP contribution in [0.15, 0.2) is 28.8 Å². The molecule has 0 bridgehead atoms. The van der Waals surface area contributed by atoms with Gasteiger partial charge in [-0.1, -0.05) is 46.4 Å². The predicted octanol–water partition coefficient (Wildman–Crippen LogP) is 5.55. The van der Waals surface area contributed by atoms with Gasteiger partial charge in [0.05, 0.1) is 10.0 Å². The molecule has 0 saturated heterocycles. The van der Waals surface area contributed by atoms with Crippen LogP contribution in [-0.4, -0.2) is 23.5 Å². The molecular weight excluding hydrogens is 342 g/mol. The van der Waals surface area contributed by atoms with Gasteiger partial charge >= 0.3 is 6.03 Å². The molecule has 3 nitrogen and oxygen atoms in total. The number of carbonyl (C=O) groups excluding carboxylic acids is 1. The first-order valence-electron chi connectivity index (χ1n) is 5.85. The van der Waals surface area contributed by atoms with Gasteiger partial charge in [0.25, 0.3) is 0 Å². The van der Waals surface area contributed by atoms with Gasteiger partial charge in [-0.3, -0.25) is 0 Å². The minimum Gasteiger partial charge on any atom is -0.318 e. The Bertz CT molecular complexity index is 513. The first-order chi connectivity index (χ1) is 9.31. The molecule has 0 aromatic heterocycles. The van der Waals surface area contributed by atoms with E-state index in [9.17, 15) is 4.79 Å². The van der Waals surface area contributed by atoms with Gasteiger partial charge in [-0.2, -0.15) is 0 Å². The van der Waals surface area contributed by atoms with Gasteiger partial charge in [-0.05, 0) is 38.1 Å². The van der Waals surface area contributed by atoms with E-state index in [-0.39, 0.29) is 16.6 Å². The number of benzene rings is 1. The lowest BCUT2D eigenvalue weighted by molar-refractivity contribution is 0.204. The Morgan fingerprint density at radius 3 is 2.45 bits per heavy atom. The van der Waals surface area contributed by atoms with Crippen molar-refractivity contribution in [3.63, 3.8) is 0 Å². The Hall–Kier alpha value is -0.610. The Morgan fingerprint density at radius 1 is 1.30 bits per heavy atom. The van der Waals surface area contributed by atoms with Crippen LogP contribution in [0, 0.1) is 0 Å². The molecule has 0 heterocycles. The standard InChI is InChI=1S/C13H14Cl4N2O/c1-8(2)19(6-5-12(16)17)13(20)18-9-3-4-10(14)11(15)7-9/h3-5,7-8H,6H2,1-2H3,(H,18,20). The quantitative estimate of drug-likeness (QED) is 0.753. The highest BCUT2D eigenvalue weighted by molar-refractivity contribution is 6.55. The number of nitrogens with one attached hydrogen (secondary N) is 1. The largest absolute Gasteiger partial charge is 0.322 e. The molecule has 1 aromatic rings. The van der Waals surface area contributed by atoms with E-state index in [1.54, 1.807) is 29.2 Å². The molecular formula is C13H14Cl4N2O. The van der Waals surface area contributed by atoms with E-state index in [4.69, 9.17) is 46.4 Å². The number of hydrogen-bond acceptors (Lipinski definition) is 1. The number of carbonyl (C=O) groups is 1. The van der Waals surface area contributed by atoms with Gasteiger partial charge in [0.1, 0.15) is 4.49 Å². The number of hydrogen-bond donors (Lipinski definition) is 1. The van der Waals surface area contributed by atoms with Crippen LogP contribution < -0.4 is 5.32 Å². The zero-order chi connectivity index (χ0) is 15.3. The Balaban J connectivity index is 2.80. The topological polar surface area (TPSA) is 32.3 Å². The summed E-state index contributed by atoms with van der Waals surface area (Å²) in [6, 6.07) is 4.60. The van der Waals surface area contributed by atoms with E-state index >= 15 is 0 Å². The lowest BCUT2D eigenvalue weighted by Gasteiger charge is -2.25. The van der Waals surface area contributed by atoms with Crippen molar-refractivity contribution in [1.29, 1.82) is 0 Å². The fourth-order valence-electron chi connectivity index (χ4n) is 1.46. The van der Waals surface area contributed by atoms with Gasteiger partial charge in [0, 0.05) is 18.3 Å². The fraction of sp³-hybridized carbons (Fsp3) is 0.308. The molecule has 0 saturated carbocycles. The van der Waals surface area contributed by atoms with Crippen molar-refractivity contribution in [3.05, 3.63) is 38.8 Å². The summed E-state index contributed by atoms with van der Waals surface area (Å²) in [5, 5.41) is 3.56. The molecule has 7 heteroatoms. The van der Waals surface area contributed by atoms with Gasteiger partial charge in [0.15, 0.2) is 0 Å². The summed E-state index contributed by atoms with van der Waals surface area (Å²) in [6.07, 6.45) is 1.55. The van der Waals surface area contributed by atoms with Gasteiger partial charge < -0.3 is 10.2 Å². The molecule has 0 radical (unpaired) electrons.